The lowest BCUT2D eigenvalue weighted by molar-refractivity contribution is -0.140. The molecule has 0 fully saturated rings. The van der Waals surface area contributed by atoms with Gasteiger partial charge in [-0.3, -0.25) is 9.59 Å². The molecule has 21 heavy (non-hydrogen) atoms. The Kier molecular flexibility index (Phi) is 6.04. The van der Waals surface area contributed by atoms with Crippen LogP contribution >= 0.6 is 11.8 Å². The van der Waals surface area contributed by atoms with Crippen LogP contribution in [0.3, 0.4) is 0 Å². The van der Waals surface area contributed by atoms with Gasteiger partial charge in [-0.25, -0.2) is 4.79 Å². The number of carboxylic acid groups (broad SMARTS) is 1. The number of phenols is 1. The maximum absolute atomic E-state index is 11.1. The van der Waals surface area contributed by atoms with Gasteiger partial charge in [-0.2, -0.15) is 0 Å². The molecule has 114 valence electrons. The normalized spacial score (nSPS) is 11.5. The van der Waals surface area contributed by atoms with Crippen LogP contribution in [0.1, 0.15) is 13.8 Å². The Labute approximate surface area is 125 Å². The number of aliphatic carboxylic acids is 1. The molecule has 0 saturated heterocycles. The van der Waals surface area contributed by atoms with Crippen LogP contribution in [0.4, 0.5) is 5.69 Å². The van der Waals surface area contributed by atoms with Crippen LogP contribution < -0.4 is 10.6 Å². The minimum Gasteiger partial charge on any atom is -0.508 e. The highest BCUT2D eigenvalue weighted by Gasteiger charge is 2.19. The average molecular weight is 312 g/mol. The molecule has 0 aliphatic rings. The van der Waals surface area contributed by atoms with E-state index >= 15 is 0 Å². The van der Waals surface area contributed by atoms with E-state index in [9.17, 15) is 19.5 Å². The van der Waals surface area contributed by atoms with Crippen molar-refractivity contribution in [1.29, 1.82) is 0 Å². The number of carboxylic acids is 1. The van der Waals surface area contributed by atoms with E-state index < -0.39 is 17.9 Å². The first-order valence-corrected chi connectivity index (χ1v) is 7.01. The number of rotatable bonds is 6. The van der Waals surface area contributed by atoms with Gasteiger partial charge in [-0.15, -0.1) is 11.8 Å². The molecule has 0 spiro atoms. The molecular weight excluding hydrogens is 296 g/mol. The molecule has 7 nitrogen and oxygen atoms in total. The number of amides is 2. The van der Waals surface area contributed by atoms with Gasteiger partial charge < -0.3 is 20.8 Å². The molecule has 0 unspecified atom stereocenters. The minimum absolute atomic E-state index is 0.00185. The number of carbonyl (C=O) groups excluding carboxylic acids is 2. The average Bonchev–Trinajstić information content (AvgIpc) is 2.36. The molecule has 1 atom stereocenters. The number of carbonyl (C=O) groups is 3. The Morgan fingerprint density at radius 1 is 1.24 bits per heavy atom. The number of benzene rings is 1. The summed E-state index contributed by atoms with van der Waals surface area (Å²) < 4.78 is 0. The molecule has 0 radical (unpaired) electrons. The van der Waals surface area contributed by atoms with Gasteiger partial charge in [0.15, 0.2) is 0 Å². The number of nitrogens with one attached hydrogen (secondary N) is 2. The lowest BCUT2D eigenvalue weighted by Gasteiger charge is -2.15. The summed E-state index contributed by atoms with van der Waals surface area (Å²) in [5, 5.41) is 23.4. The summed E-state index contributed by atoms with van der Waals surface area (Å²) in [5.41, 5.74) is 0.470. The monoisotopic (exact) mass is 312 g/mol. The summed E-state index contributed by atoms with van der Waals surface area (Å²) in [6.07, 6.45) is 0. The van der Waals surface area contributed by atoms with Crippen molar-refractivity contribution in [2.45, 2.75) is 24.8 Å². The van der Waals surface area contributed by atoms with E-state index in [1.807, 2.05) is 0 Å². The van der Waals surface area contributed by atoms with E-state index in [1.165, 1.54) is 32.0 Å². The van der Waals surface area contributed by atoms with Gasteiger partial charge in [0.2, 0.25) is 11.8 Å². The molecule has 0 saturated carbocycles. The van der Waals surface area contributed by atoms with Crippen molar-refractivity contribution < 1.29 is 24.6 Å². The van der Waals surface area contributed by atoms with Crippen molar-refractivity contribution in [3.63, 3.8) is 0 Å². The highest BCUT2D eigenvalue weighted by atomic mass is 32.2. The van der Waals surface area contributed by atoms with E-state index in [2.05, 4.69) is 10.6 Å². The standard InChI is InChI=1S/C13H16N2O5S/c1-7(16)14-10-4-3-9(18)5-12(10)21-6-11(13(19)20)15-8(2)17/h3-5,11,18H,6H2,1-2H3,(H,14,16)(H,15,17)(H,19,20)/t11-/m0/s1. The first kappa shape index (κ1) is 16.8. The fraction of sp³-hybridized carbons (Fsp3) is 0.308. The third kappa shape index (κ3) is 5.74. The third-order valence-corrected chi connectivity index (χ3v) is 3.51. The highest BCUT2D eigenvalue weighted by Crippen LogP contribution is 2.31. The van der Waals surface area contributed by atoms with E-state index in [1.54, 1.807) is 0 Å². The SMILES string of the molecule is CC(=O)Nc1ccc(O)cc1SC[C@H](NC(C)=O)C(=O)O. The summed E-state index contributed by atoms with van der Waals surface area (Å²) in [6, 6.07) is 3.30. The summed E-state index contributed by atoms with van der Waals surface area (Å²) in [6.45, 7) is 2.58. The Morgan fingerprint density at radius 2 is 1.90 bits per heavy atom. The zero-order valence-corrected chi connectivity index (χ0v) is 12.4. The second kappa shape index (κ2) is 7.53. The largest absolute Gasteiger partial charge is 0.508 e. The maximum Gasteiger partial charge on any atom is 0.327 e. The van der Waals surface area contributed by atoms with Crippen LogP contribution in [0.5, 0.6) is 5.75 Å². The molecular formula is C13H16N2O5S. The molecule has 0 aromatic heterocycles. The van der Waals surface area contributed by atoms with E-state index in [-0.39, 0.29) is 17.4 Å². The lowest BCUT2D eigenvalue weighted by atomic mass is 10.3. The van der Waals surface area contributed by atoms with Crippen LogP contribution in [0.2, 0.25) is 0 Å². The van der Waals surface area contributed by atoms with Crippen molar-refractivity contribution >= 4 is 35.2 Å². The zero-order valence-electron chi connectivity index (χ0n) is 11.5. The fourth-order valence-electron chi connectivity index (χ4n) is 1.52. The molecule has 4 N–H and O–H groups in total. The van der Waals surface area contributed by atoms with Crippen molar-refractivity contribution in [1.82, 2.24) is 5.32 Å². The molecule has 0 aliphatic carbocycles. The fourth-order valence-corrected chi connectivity index (χ4v) is 2.57. The van der Waals surface area contributed by atoms with Crippen molar-refractivity contribution in [3.8, 4) is 5.75 Å². The predicted octanol–water partition coefficient (Wildman–Crippen LogP) is 1.03. The summed E-state index contributed by atoms with van der Waals surface area (Å²) >= 11 is 1.11. The Balaban J connectivity index is 2.85. The highest BCUT2D eigenvalue weighted by molar-refractivity contribution is 7.99. The quantitative estimate of drug-likeness (QED) is 0.460. The summed E-state index contributed by atoms with van der Waals surface area (Å²) in [4.78, 5) is 33.6. The van der Waals surface area contributed by atoms with Gasteiger partial charge in [0.25, 0.3) is 0 Å². The predicted molar refractivity (Wildman–Crippen MR) is 78.4 cm³/mol. The minimum atomic E-state index is -1.15. The van der Waals surface area contributed by atoms with Gasteiger partial charge in [0.05, 0.1) is 5.69 Å². The van der Waals surface area contributed by atoms with Crippen LogP contribution in [0.15, 0.2) is 23.1 Å². The Morgan fingerprint density at radius 3 is 2.43 bits per heavy atom. The number of phenolic OH excluding ortho intramolecular Hbond substituents is 1. The molecule has 2 amide bonds. The Bertz CT molecular complexity index is 561. The number of aromatic hydroxyl groups is 1. The van der Waals surface area contributed by atoms with Gasteiger partial charge in [-0.1, -0.05) is 0 Å². The summed E-state index contributed by atoms with van der Waals surface area (Å²) in [7, 11) is 0. The van der Waals surface area contributed by atoms with Crippen molar-refractivity contribution in [2.75, 3.05) is 11.1 Å². The number of thioether (sulfide) groups is 1. The Hall–Kier alpha value is -2.22. The van der Waals surface area contributed by atoms with Gasteiger partial charge in [0, 0.05) is 24.5 Å². The summed E-state index contributed by atoms with van der Waals surface area (Å²) in [5.74, 6) is -1.82. The zero-order chi connectivity index (χ0) is 16.0. The van der Waals surface area contributed by atoms with Crippen molar-refractivity contribution in [3.05, 3.63) is 18.2 Å². The van der Waals surface area contributed by atoms with Crippen molar-refractivity contribution in [2.24, 2.45) is 0 Å². The maximum atomic E-state index is 11.1. The lowest BCUT2D eigenvalue weighted by Crippen LogP contribution is -2.41. The second-order valence-corrected chi connectivity index (χ2v) is 5.33. The molecule has 8 heteroatoms. The molecule has 1 rings (SSSR count). The first-order valence-electron chi connectivity index (χ1n) is 6.03. The number of hydrogen-bond donors (Lipinski definition) is 4. The molecule has 0 bridgehead atoms. The van der Waals surface area contributed by atoms with E-state index in [0.29, 0.717) is 10.6 Å². The van der Waals surface area contributed by atoms with Gasteiger partial charge in [0.1, 0.15) is 11.8 Å². The second-order valence-electron chi connectivity index (χ2n) is 4.26. The van der Waals surface area contributed by atoms with Crippen LogP contribution in [0.25, 0.3) is 0 Å². The van der Waals surface area contributed by atoms with Crippen LogP contribution in [-0.2, 0) is 14.4 Å². The molecule has 0 aliphatic heterocycles. The molecule has 1 aromatic rings. The smallest absolute Gasteiger partial charge is 0.327 e. The van der Waals surface area contributed by atoms with E-state index in [0.717, 1.165) is 11.8 Å². The number of anilines is 1. The van der Waals surface area contributed by atoms with Crippen LogP contribution in [-0.4, -0.2) is 39.8 Å². The van der Waals surface area contributed by atoms with E-state index in [4.69, 9.17) is 5.11 Å². The first-order chi connectivity index (χ1) is 9.79. The topological polar surface area (TPSA) is 116 Å². The molecule has 1 aromatic carbocycles. The third-order valence-electron chi connectivity index (χ3n) is 2.36. The van der Waals surface area contributed by atoms with Gasteiger partial charge in [-0.05, 0) is 18.2 Å². The molecule has 0 heterocycles. The number of hydrogen-bond acceptors (Lipinski definition) is 5. The van der Waals surface area contributed by atoms with Crippen LogP contribution in [0, 0.1) is 0 Å². The van der Waals surface area contributed by atoms with Gasteiger partial charge >= 0.3 is 5.97 Å².